The molecule has 7 nitrogen and oxygen atoms in total. The fraction of sp³-hybridized carbons (Fsp3) is 0.227. The first-order valence-electron chi connectivity index (χ1n) is 9.51. The molecule has 1 atom stereocenters. The number of rotatable bonds is 3. The van der Waals surface area contributed by atoms with Gasteiger partial charge in [0.15, 0.2) is 0 Å². The molecule has 29 heavy (non-hydrogen) atoms. The zero-order chi connectivity index (χ0) is 20.0. The average molecular weight is 388 g/mol. The van der Waals surface area contributed by atoms with Crippen molar-refractivity contribution in [1.29, 1.82) is 0 Å². The van der Waals surface area contributed by atoms with Crippen molar-refractivity contribution in [3.8, 4) is 5.75 Å². The molecule has 2 aliphatic heterocycles. The molecule has 2 aromatic carbocycles. The zero-order valence-electron chi connectivity index (χ0n) is 16.0. The van der Waals surface area contributed by atoms with Crippen molar-refractivity contribution >= 4 is 28.9 Å². The van der Waals surface area contributed by atoms with E-state index >= 15 is 0 Å². The van der Waals surface area contributed by atoms with E-state index in [1.54, 1.807) is 18.2 Å². The van der Waals surface area contributed by atoms with Crippen LogP contribution in [0.2, 0.25) is 0 Å². The molecule has 1 aromatic heterocycles. The van der Waals surface area contributed by atoms with Gasteiger partial charge in [-0.1, -0.05) is 18.2 Å². The third kappa shape index (κ3) is 2.95. The molecular weight excluding hydrogens is 368 g/mol. The number of fused-ring (bicyclic) bond motifs is 4. The summed E-state index contributed by atoms with van der Waals surface area (Å²) in [5, 5.41) is 6.70. The minimum absolute atomic E-state index is 0.0441. The molecule has 2 aliphatic rings. The van der Waals surface area contributed by atoms with Crippen LogP contribution >= 0.6 is 0 Å². The summed E-state index contributed by atoms with van der Waals surface area (Å²) in [5.41, 5.74) is 3.99. The second-order valence-corrected chi connectivity index (χ2v) is 7.28. The van der Waals surface area contributed by atoms with Crippen molar-refractivity contribution < 1.29 is 14.3 Å². The van der Waals surface area contributed by atoms with Gasteiger partial charge in [-0.2, -0.15) is 5.10 Å². The fourth-order valence-electron chi connectivity index (χ4n) is 4.08. The van der Waals surface area contributed by atoms with Crippen LogP contribution in [0.3, 0.4) is 0 Å². The van der Waals surface area contributed by atoms with Gasteiger partial charge in [0.2, 0.25) is 5.91 Å². The van der Waals surface area contributed by atoms with Crippen LogP contribution in [0, 0.1) is 0 Å². The number of hydrogen-bond donors (Lipinski definition) is 1. The fourth-order valence-corrected chi connectivity index (χ4v) is 4.08. The number of amides is 2. The van der Waals surface area contributed by atoms with E-state index in [-0.39, 0.29) is 18.4 Å². The highest BCUT2D eigenvalue weighted by Gasteiger charge is 2.43. The number of piperazine rings is 1. The lowest BCUT2D eigenvalue weighted by atomic mass is 9.94. The first kappa shape index (κ1) is 17.5. The molecule has 1 fully saturated rings. The lowest BCUT2D eigenvalue weighted by Crippen LogP contribution is -2.60. The van der Waals surface area contributed by atoms with E-state index in [4.69, 9.17) is 4.74 Å². The van der Waals surface area contributed by atoms with Crippen molar-refractivity contribution in [2.24, 2.45) is 5.10 Å². The third-order valence-corrected chi connectivity index (χ3v) is 5.61. The number of para-hydroxylation sites is 1. The predicted molar refractivity (Wildman–Crippen MR) is 109 cm³/mol. The topological polar surface area (TPSA) is 78.0 Å². The maximum absolute atomic E-state index is 13.1. The molecule has 0 spiro atoms. The number of nitrogens with zero attached hydrogens (tertiary/aromatic N) is 3. The van der Waals surface area contributed by atoms with Gasteiger partial charge in [0.05, 0.1) is 19.9 Å². The van der Waals surface area contributed by atoms with Crippen LogP contribution in [0.25, 0.3) is 10.9 Å². The summed E-state index contributed by atoms with van der Waals surface area (Å²) in [5.74, 6) is 0.509. The van der Waals surface area contributed by atoms with Crippen LogP contribution < -0.4 is 4.74 Å². The van der Waals surface area contributed by atoms with Gasteiger partial charge in [-0.25, -0.2) is 5.01 Å². The van der Waals surface area contributed by atoms with Gasteiger partial charge in [0.1, 0.15) is 18.3 Å². The highest BCUT2D eigenvalue weighted by molar-refractivity contribution is 5.97. The van der Waals surface area contributed by atoms with Crippen molar-refractivity contribution in [1.82, 2.24) is 14.9 Å². The summed E-state index contributed by atoms with van der Waals surface area (Å²) < 4.78 is 5.14. The Morgan fingerprint density at radius 3 is 2.69 bits per heavy atom. The van der Waals surface area contributed by atoms with Crippen molar-refractivity contribution in [2.75, 3.05) is 13.7 Å². The normalized spacial score (nSPS) is 19.0. The Kier molecular flexibility index (Phi) is 4.08. The second kappa shape index (κ2) is 6.77. The quantitative estimate of drug-likeness (QED) is 0.700. The SMILES string of the molecule is COc1ccc(C=NN2CC(=O)N3Cc4[nH]c5ccccc5c4C[C@H]3C2=O)cc1. The summed E-state index contributed by atoms with van der Waals surface area (Å²) in [7, 11) is 1.61. The number of carbonyl (C=O) groups is 2. The maximum atomic E-state index is 13.1. The molecule has 1 N–H and O–H groups in total. The largest absolute Gasteiger partial charge is 0.497 e. The summed E-state index contributed by atoms with van der Waals surface area (Å²) in [4.78, 5) is 30.9. The molecule has 146 valence electrons. The molecule has 5 rings (SSSR count). The molecule has 0 bridgehead atoms. The first-order chi connectivity index (χ1) is 14.1. The Hall–Kier alpha value is -3.61. The van der Waals surface area contributed by atoms with E-state index in [1.807, 2.05) is 42.5 Å². The number of carbonyl (C=O) groups excluding carboxylic acids is 2. The number of hydrogen-bond acceptors (Lipinski definition) is 4. The van der Waals surface area contributed by atoms with E-state index < -0.39 is 6.04 Å². The lowest BCUT2D eigenvalue weighted by Gasteiger charge is -2.40. The van der Waals surface area contributed by atoms with E-state index in [2.05, 4.69) is 16.2 Å². The molecule has 0 unspecified atom stereocenters. The highest BCUT2D eigenvalue weighted by Crippen LogP contribution is 2.32. The maximum Gasteiger partial charge on any atom is 0.266 e. The van der Waals surface area contributed by atoms with Crippen LogP contribution in [-0.4, -0.2) is 52.6 Å². The summed E-state index contributed by atoms with van der Waals surface area (Å²) >= 11 is 0. The molecule has 7 heteroatoms. The molecule has 0 aliphatic carbocycles. The lowest BCUT2D eigenvalue weighted by molar-refractivity contribution is -0.157. The van der Waals surface area contributed by atoms with Gasteiger partial charge in [-0.15, -0.1) is 0 Å². The number of ether oxygens (including phenoxy) is 1. The number of methoxy groups -OCH3 is 1. The Bertz CT molecular complexity index is 1130. The number of H-pyrrole nitrogens is 1. The minimum atomic E-state index is -0.518. The minimum Gasteiger partial charge on any atom is -0.497 e. The van der Waals surface area contributed by atoms with Gasteiger partial charge in [-0.3, -0.25) is 9.59 Å². The van der Waals surface area contributed by atoms with Crippen molar-refractivity contribution in [2.45, 2.75) is 19.0 Å². The Balaban J connectivity index is 1.41. The van der Waals surface area contributed by atoms with Crippen molar-refractivity contribution in [3.05, 3.63) is 65.4 Å². The number of benzene rings is 2. The first-order valence-corrected chi connectivity index (χ1v) is 9.51. The second-order valence-electron chi connectivity index (χ2n) is 7.28. The van der Waals surface area contributed by atoms with E-state index in [9.17, 15) is 9.59 Å². The monoisotopic (exact) mass is 388 g/mol. The summed E-state index contributed by atoms with van der Waals surface area (Å²) in [6.07, 6.45) is 2.10. The van der Waals surface area contributed by atoms with Gasteiger partial charge in [-0.05, 0) is 41.5 Å². The van der Waals surface area contributed by atoms with Crippen LogP contribution in [0.4, 0.5) is 0 Å². The van der Waals surface area contributed by atoms with E-state index in [1.165, 1.54) is 5.01 Å². The molecule has 2 amide bonds. The van der Waals surface area contributed by atoms with E-state index in [0.717, 1.165) is 33.5 Å². The molecule has 3 heterocycles. The third-order valence-electron chi connectivity index (χ3n) is 5.61. The predicted octanol–water partition coefficient (Wildman–Crippen LogP) is 2.31. The van der Waals surface area contributed by atoms with Crippen LogP contribution in [-0.2, 0) is 22.6 Å². The summed E-state index contributed by atoms with van der Waals surface area (Å²) in [6, 6.07) is 14.9. The standard InChI is InChI=1S/C22H20N4O3/c1-29-15-8-6-14(7-9-15)11-23-26-13-21(27)25-12-19-17(10-20(25)22(26)28)16-4-2-3-5-18(16)24-19/h2-9,11,20,24H,10,12-13H2,1H3/t20-/m0/s1. The van der Waals surface area contributed by atoms with Crippen molar-refractivity contribution in [3.63, 3.8) is 0 Å². The number of aromatic nitrogens is 1. The Morgan fingerprint density at radius 2 is 1.90 bits per heavy atom. The molecular formula is C22H20N4O3. The number of nitrogens with one attached hydrogen (secondary N) is 1. The van der Waals surface area contributed by atoms with Crippen LogP contribution in [0.15, 0.2) is 53.6 Å². The Morgan fingerprint density at radius 1 is 1.10 bits per heavy atom. The van der Waals surface area contributed by atoms with E-state index in [0.29, 0.717) is 13.0 Å². The highest BCUT2D eigenvalue weighted by atomic mass is 16.5. The number of hydrazone groups is 1. The van der Waals surface area contributed by atoms with Crippen LogP contribution in [0.1, 0.15) is 16.8 Å². The van der Waals surface area contributed by atoms with Gasteiger partial charge < -0.3 is 14.6 Å². The Labute approximate surface area is 167 Å². The molecule has 0 saturated carbocycles. The zero-order valence-corrected chi connectivity index (χ0v) is 16.0. The van der Waals surface area contributed by atoms with Crippen LogP contribution in [0.5, 0.6) is 5.75 Å². The van der Waals surface area contributed by atoms with Gasteiger partial charge >= 0.3 is 0 Å². The number of aromatic amines is 1. The van der Waals surface area contributed by atoms with Gasteiger partial charge in [0, 0.05) is 23.0 Å². The molecule has 3 aromatic rings. The molecule has 1 saturated heterocycles. The smallest absolute Gasteiger partial charge is 0.266 e. The summed E-state index contributed by atoms with van der Waals surface area (Å²) in [6.45, 7) is 0.382. The van der Waals surface area contributed by atoms with Gasteiger partial charge in [0.25, 0.3) is 5.91 Å². The molecule has 0 radical (unpaired) electrons. The average Bonchev–Trinajstić information content (AvgIpc) is 3.12.